The van der Waals surface area contributed by atoms with Gasteiger partial charge in [0.2, 0.25) is 0 Å². The van der Waals surface area contributed by atoms with Crippen molar-refractivity contribution in [2.45, 2.75) is 46.8 Å². The molecule has 1 aliphatic rings. The summed E-state index contributed by atoms with van der Waals surface area (Å²) in [4.78, 5) is 0. The van der Waals surface area contributed by atoms with Crippen molar-refractivity contribution in [1.82, 2.24) is 5.32 Å². The van der Waals surface area contributed by atoms with Gasteiger partial charge in [0, 0.05) is 6.54 Å². The first-order valence-electron chi connectivity index (χ1n) is 5.93. The van der Waals surface area contributed by atoms with Gasteiger partial charge in [-0.3, -0.25) is 5.32 Å². The average molecular weight is 199 g/mol. The molecule has 0 aromatic rings. The molecule has 0 bridgehead atoms. The van der Waals surface area contributed by atoms with Crippen molar-refractivity contribution in [2.24, 2.45) is 17.8 Å². The Hall–Kier alpha value is -0.0800. The lowest BCUT2D eigenvalue weighted by Crippen LogP contribution is -2.44. The van der Waals surface area contributed by atoms with Gasteiger partial charge in [0.1, 0.15) is 6.23 Å². The molecule has 14 heavy (non-hydrogen) atoms. The average Bonchev–Trinajstić information content (AvgIpc) is 2.06. The number of nitrogens with one attached hydrogen (secondary N) is 1. The minimum atomic E-state index is 0.304. The second-order valence-corrected chi connectivity index (χ2v) is 5.36. The Bertz CT molecular complexity index is 130. The summed E-state index contributed by atoms with van der Waals surface area (Å²) in [6.07, 6.45) is 2.72. The highest BCUT2D eigenvalue weighted by atomic mass is 16.5. The molecule has 1 aliphatic heterocycles. The van der Waals surface area contributed by atoms with Crippen LogP contribution in [0, 0.1) is 17.8 Å². The van der Waals surface area contributed by atoms with Gasteiger partial charge < -0.3 is 4.74 Å². The van der Waals surface area contributed by atoms with Crippen LogP contribution in [0.2, 0.25) is 0 Å². The fourth-order valence-corrected chi connectivity index (χ4v) is 2.07. The molecular formula is C12H25NO. The Balaban J connectivity index is 2.17. The van der Waals surface area contributed by atoms with Crippen molar-refractivity contribution >= 4 is 0 Å². The SMILES string of the molecule is CC(C)CC1CNC(CC(C)C)OC1. The minimum Gasteiger partial charge on any atom is -0.363 e. The smallest absolute Gasteiger partial charge is 0.108 e. The highest BCUT2D eigenvalue weighted by Crippen LogP contribution is 2.17. The summed E-state index contributed by atoms with van der Waals surface area (Å²) in [6.45, 7) is 11.1. The molecule has 1 saturated heterocycles. The van der Waals surface area contributed by atoms with E-state index in [4.69, 9.17) is 4.74 Å². The molecule has 1 heterocycles. The molecule has 1 rings (SSSR count). The van der Waals surface area contributed by atoms with Gasteiger partial charge in [-0.2, -0.15) is 0 Å². The minimum absolute atomic E-state index is 0.304. The van der Waals surface area contributed by atoms with Crippen LogP contribution in [0.15, 0.2) is 0 Å². The van der Waals surface area contributed by atoms with E-state index in [-0.39, 0.29) is 0 Å². The van der Waals surface area contributed by atoms with Gasteiger partial charge in [-0.25, -0.2) is 0 Å². The molecule has 2 unspecified atom stereocenters. The zero-order chi connectivity index (χ0) is 10.6. The lowest BCUT2D eigenvalue weighted by molar-refractivity contribution is -0.0418. The third-order valence-electron chi connectivity index (χ3n) is 2.66. The maximum absolute atomic E-state index is 5.79. The summed E-state index contributed by atoms with van der Waals surface area (Å²) in [6, 6.07) is 0. The van der Waals surface area contributed by atoms with Crippen molar-refractivity contribution in [3.8, 4) is 0 Å². The van der Waals surface area contributed by atoms with E-state index in [2.05, 4.69) is 33.0 Å². The zero-order valence-electron chi connectivity index (χ0n) is 10.0. The van der Waals surface area contributed by atoms with Crippen LogP contribution in [0.25, 0.3) is 0 Å². The van der Waals surface area contributed by atoms with Crippen molar-refractivity contribution in [3.05, 3.63) is 0 Å². The molecule has 1 fully saturated rings. The van der Waals surface area contributed by atoms with Crippen LogP contribution in [0.3, 0.4) is 0 Å². The topological polar surface area (TPSA) is 21.3 Å². The van der Waals surface area contributed by atoms with Crippen LogP contribution in [0.5, 0.6) is 0 Å². The summed E-state index contributed by atoms with van der Waals surface area (Å²) in [5.41, 5.74) is 0. The molecule has 2 atom stereocenters. The van der Waals surface area contributed by atoms with E-state index in [0.717, 1.165) is 31.4 Å². The fraction of sp³-hybridized carbons (Fsp3) is 1.00. The van der Waals surface area contributed by atoms with E-state index in [1.807, 2.05) is 0 Å². The Morgan fingerprint density at radius 2 is 1.79 bits per heavy atom. The lowest BCUT2D eigenvalue weighted by Gasteiger charge is -2.32. The maximum Gasteiger partial charge on any atom is 0.108 e. The lowest BCUT2D eigenvalue weighted by atomic mass is 9.96. The van der Waals surface area contributed by atoms with Gasteiger partial charge in [0.05, 0.1) is 6.61 Å². The van der Waals surface area contributed by atoms with Crippen LogP contribution < -0.4 is 5.32 Å². The normalized spacial score (nSPS) is 28.7. The summed E-state index contributed by atoms with van der Waals surface area (Å²) in [5.74, 6) is 2.22. The molecule has 0 spiro atoms. The van der Waals surface area contributed by atoms with Crippen molar-refractivity contribution in [3.63, 3.8) is 0 Å². The second-order valence-electron chi connectivity index (χ2n) is 5.36. The molecule has 2 heteroatoms. The van der Waals surface area contributed by atoms with E-state index in [1.54, 1.807) is 0 Å². The molecule has 0 amide bonds. The number of hydrogen-bond acceptors (Lipinski definition) is 2. The van der Waals surface area contributed by atoms with Crippen LogP contribution in [-0.2, 0) is 4.74 Å². The first-order valence-corrected chi connectivity index (χ1v) is 5.93. The Kier molecular flexibility index (Phi) is 4.90. The van der Waals surface area contributed by atoms with Crippen LogP contribution in [0.4, 0.5) is 0 Å². The molecule has 0 saturated carbocycles. The van der Waals surface area contributed by atoms with Gasteiger partial charge in [-0.15, -0.1) is 0 Å². The second kappa shape index (κ2) is 5.72. The summed E-state index contributed by atoms with van der Waals surface area (Å²) in [5, 5.41) is 3.48. The van der Waals surface area contributed by atoms with Crippen LogP contribution in [-0.4, -0.2) is 19.4 Å². The number of rotatable bonds is 4. The Morgan fingerprint density at radius 1 is 1.14 bits per heavy atom. The largest absolute Gasteiger partial charge is 0.363 e. The Labute approximate surface area is 88.4 Å². The van der Waals surface area contributed by atoms with Crippen LogP contribution >= 0.6 is 0 Å². The molecule has 2 nitrogen and oxygen atoms in total. The van der Waals surface area contributed by atoms with E-state index in [0.29, 0.717) is 12.1 Å². The van der Waals surface area contributed by atoms with Crippen molar-refractivity contribution in [2.75, 3.05) is 13.2 Å². The molecule has 0 aromatic carbocycles. The first kappa shape index (κ1) is 12.0. The monoisotopic (exact) mass is 199 g/mol. The molecular weight excluding hydrogens is 174 g/mol. The van der Waals surface area contributed by atoms with Crippen molar-refractivity contribution in [1.29, 1.82) is 0 Å². The molecule has 0 aromatic heterocycles. The summed E-state index contributed by atoms with van der Waals surface area (Å²) < 4.78 is 5.79. The van der Waals surface area contributed by atoms with Gasteiger partial charge >= 0.3 is 0 Å². The third-order valence-corrected chi connectivity index (χ3v) is 2.66. The van der Waals surface area contributed by atoms with E-state index in [9.17, 15) is 0 Å². The highest BCUT2D eigenvalue weighted by Gasteiger charge is 2.21. The fourth-order valence-electron chi connectivity index (χ4n) is 2.07. The predicted molar refractivity (Wildman–Crippen MR) is 60.1 cm³/mol. The molecule has 1 N–H and O–H groups in total. The summed E-state index contributed by atoms with van der Waals surface area (Å²) in [7, 11) is 0. The third kappa shape index (κ3) is 4.43. The quantitative estimate of drug-likeness (QED) is 0.751. The van der Waals surface area contributed by atoms with E-state index < -0.39 is 0 Å². The van der Waals surface area contributed by atoms with E-state index >= 15 is 0 Å². The molecule has 0 aliphatic carbocycles. The molecule has 84 valence electrons. The predicted octanol–water partition coefficient (Wildman–Crippen LogP) is 2.64. The summed E-state index contributed by atoms with van der Waals surface area (Å²) >= 11 is 0. The first-order chi connectivity index (χ1) is 6.58. The van der Waals surface area contributed by atoms with E-state index in [1.165, 1.54) is 6.42 Å². The van der Waals surface area contributed by atoms with Crippen LogP contribution in [0.1, 0.15) is 40.5 Å². The number of ether oxygens (including phenoxy) is 1. The molecule has 0 radical (unpaired) electrons. The van der Waals surface area contributed by atoms with Crippen molar-refractivity contribution < 1.29 is 4.74 Å². The van der Waals surface area contributed by atoms with Gasteiger partial charge in [-0.05, 0) is 30.6 Å². The zero-order valence-corrected chi connectivity index (χ0v) is 10.0. The van der Waals surface area contributed by atoms with Gasteiger partial charge in [0.15, 0.2) is 0 Å². The maximum atomic E-state index is 5.79. The highest BCUT2D eigenvalue weighted by molar-refractivity contribution is 4.72. The Morgan fingerprint density at radius 3 is 2.21 bits per heavy atom. The number of hydrogen-bond donors (Lipinski definition) is 1. The van der Waals surface area contributed by atoms with Gasteiger partial charge in [0.25, 0.3) is 0 Å². The van der Waals surface area contributed by atoms with Gasteiger partial charge in [-0.1, -0.05) is 27.7 Å². The standard InChI is InChI=1S/C12H25NO/c1-9(2)5-11-7-13-12(14-8-11)6-10(3)4/h9-13H,5-8H2,1-4H3.